The molecule has 0 spiro atoms. The van der Waals surface area contributed by atoms with Gasteiger partial charge in [-0.3, -0.25) is 4.98 Å². The van der Waals surface area contributed by atoms with E-state index in [1.54, 1.807) is 18.3 Å². The summed E-state index contributed by atoms with van der Waals surface area (Å²) in [6.45, 7) is 0. The van der Waals surface area contributed by atoms with Crippen molar-refractivity contribution < 1.29 is 8.81 Å². The molecule has 0 saturated heterocycles. The molecule has 0 aliphatic rings. The summed E-state index contributed by atoms with van der Waals surface area (Å²) in [6.07, 6.45) is 3.30. The van der Waals surface area contributed by atoms with Crippen molar-refractivity contribution in [2.75, 3.05) is 0 Å². The monoisotopic (exact) mass is 391 g/mol. The van der Waals surface area contributed by atoms with Crippen molar-refractivity contribution in [3.8, 4) is 11.6 Å². The molecule has 3 aromatic heterocycles. The predicted octanol–water partition coefficient (Wildman–Crippen LogP) is 5.95. The van der Waals surface area contributed by atoms with Crippen molar-refractivity contribution in [1.82, 2.24) is 15.0 Å². The van der Waals surface area contributed by atoms with Gasteiger partial charge in [-0.2, -0.15) is 0 Å². The Morgan fingerprint density at radius 1 is 1.04 bits per heavy atom. The summed E-state index contributed by atoms with van der Waals surface area (Å²) in [5.41, 5.74) is 4.92. The van der Waals surface area contributed by atoms with E-state index in [9.17, 15) is 4.39 Å². The fourth-order valence-electron chi connectivity index (χ4n) is 3.39. The Kier molecular flexibility index (Phi) is 4.10. The Labute approximate surface area is 165 Å². The zero-order valence-corrected chi connectivity index (χ0v) is 15.5. The van der Waals surface area contributed by atoms with Crippen LogP contribution in [0.4, 0.5) is 4.39 Å². The van der Waals surface area contributed by atoms with Crippen LogP contribution in [-0.2, 0) is 12.8 Å². The van der Waals surface area contributed by atoms with Crippen LogP contribution in [0.1, 0.15) is 11.3 Å². The molecule has 1 N–H and O–H groups in total. The summed E-state index contributed by atoms with van der Waals surface area (Å²) in [5, 5.41) is 1.38. The van der Waals surface area contributed by atoms with E-state index in [2.05, 4.69) is 15.0 Å². The average Bonchev–Trinajstić information content (AvgIpc) is 3.30. The Morgan fingerprint density at radius 3 is 2.82 bits per heavy atom. The minimum atomic E-state index is -0.279. The fraction of sp³-hybridized carbons (Fsp3) is 0.0909. The van der Waals surface area contributed by atoms with Crippen LogP contribution in [0.15, 0.2) is 65.2 Å². The number of hydrogen-bond acceptors (Lipinski definition) is 3. The molecule has 0 unspecified atom stereocenters. The number of nitrogens with zero attached hydrogens (tertiary/aromatic N) is 2. The molecule has 5 aromatic rings. The van der Waals surface area contributed by atoms with Crippen LogP contribution >= 0.6 is 11.6 Å². The molecule has 28 heavy (non-hydrogen) atoms. The largest absolute Gasteiger partial charge is 0.434 e. The van der Waals surface area contributed by atoms with Gasteiger partial charge < -0.3 is 9.40 Å². The number of aromatic amines is 1. The quantitative estimate of drug-likeness (QED) is 0.412. The van der Waals surface area contributed by atoms with Crippen LogP contribution in [0, 0.1) is 5.82 Å². The number of benzene rings is 2. The Hall–Kier alpha value is -3.18. The van der Waals surface area contributed by atoms with Gasteiger partial charge in [-0.05, 0) is 66.9 Å². The van der Waals surface area contributed by atoms with Crippen molar-refractivity contribution in [2.45, 2.75) is 12.8 Å². The molecule has 4 nitrogen and oxygen atoms in total. The van der Waals surface area contributed by atoms with Crippen molar-refractivity contribution in [1.29, 1.82) is 0 Å². The highest BCUT2D eigenvalue weighted by Gasteiger charge is 2.15. The van der Waals surface area contributed by atoms with Gasteiger partial charge in [0.25, 0.3) is 0 Å². The summed E-state index contributed by atoms with van der Waals surface area (Å²) in [7, 11) is 0. The van der Waals surface area contributed by atoms with Crippen LogP contribution in [0.5, 0.6) is 0 Å². The second-order valence-electron chi connectivity index (χ2n) is 6.67. The third kappa shape index (κ3) is 3.14. The van der Waals surface area contributed by atoms with Gasteiger partial charge in [0, 0.05) is 27.8 Å². The van der Waals surface area contributed by atoms with Gasteiger partial charge in [0.05, 0.1) is 0 Å². The van der Waals surface area contributed by atoms with E-state index in [1.807, 2.05) is 30.3 Å². The first-order chi connectivity index (χ1) is 13.7. The van der Waals surface area contributed by atoms with Crippen molar-refractivity contribution in [3.05, 3.63) is 82.9 Å². The molecule has 6 heteroatoms. The number of H-pyrrole nitrogens is 1. The first-order valence-electron chi connectivity index (χ1n) is 8.93. The maximum Gasteiger partial charge on any atom is 0.244 e. The van der Waals surface area contributed by atoms with E-state index in [1.165, 1.54) is 12.1 Å². The second-order valence-corrected chi connectivity index (χ2v) is 7.10. The summed E-state index contributed by atoms with van der Waals surface area (Å²) in [4.78, 5) is 12.2. The fourth-order valence-corrected chi connectivity index (χ4v) is 3.63. The molecule has 2 aromatic carbocycles. The summed E-state index contributed by atoms with van der Waals surface area (Å²) in [6, 6.07) is 16.0. The molecular weight excluding hydrogens is 377 g/mol. The molecule has 0 aliphatic carbocycles. The summed E-state index contributed by atoms with van der Waals surface area (Å²) in [5.74, 6) is 0.173. The third-order valence-corrected chi connectivity index (χ3v) is 4.94. The summed E-state index contributed by atoms with van der Waals surface area (Å²) >= 11 is 6.30. The molecule has 0 aliphatic heterocycles. The molecule has 0 amide bonds. The Bertz CT molecular complexity index is 1290. The first-order valence-corrected chi connectivity index (χ1v) is 9.31. The normalized spacial score (nSPS) is 11.5. The number of oxazole rings is 1. The number of nitrogens with one attached hydrogen (secondary N) is 1. The predicted molar refractivity (Wildman–Crippen MR) is 108 cm³/mol. The van der Waals surface area contributed by atoms with Crippen LogP contribution in [-0.4, -0.2) is 15.0 Å². The van der Waals surface area contributed by atoms with Crippen molar-refractivity contribution >= 4 is 33.6 Å². The molecule has 5 rings (SSSR count). The molecule has 0 atom stereocenters. The van der Waals surface area contributed by atoms with E-state index < -0.39 is 0 Å². The SMILES string of the molecule is Fc1ccc2[nH]c(-c3nc4cc(Cl)cc(CCc5ccccn5)c4o3)cc2c1. The molecule has 0 radical (unpaired) electrons. The van der Waals surface area contributed by atoms with Crippen LogP contribution < -0.4 is 0 Å². The summed E-state index contributed by atoms with van der Waals surface area (Å²) < 4.78 is 19.5. The van der Waals surface area contributed by atoms with E-state index in [-0.39, 0.29) is 5.82 Å². The van der Waals surface area contributed by atoms with E-state index in [0.717, 1.165) is 35.0 Å². The number of fused-ring (bicyclic) bond motifs is 2. The van der Waals surface area contributed by atoms with Crippen molar-refractivity contribution in [2.24, 2.45) is 0 Å². The lowest BCUT2D eigenvalue weighted by atomic mass is 10.1. The van der Waals surface area contributed by atoms with Crippen LogP contribution in [0.25, 0.3) is 33.6 Å². The van der Waals surface area contributed by atoms with Gasteiger partial charge >= 0.3 is 0 Å². The highest BCUT2D eigenvalue weighted by Crippen LogP contribution is 2.31. The number of aryl methyl sites for hydroxylation is 2. The number of halogens is 2. The highest BCUT2D eigenvalue weighted by molar-refractivity contribution is 6.31. The molecule has 3 heterocycles. The number of pyridine rings is 1. The lowest BCUT2D eigenvalue weighted by molar-refractivity contribution is 0.612. The molecule has 138 valence electrons. The lowest BCUT2D eigenvalue weighted by Crippen LogP contribution is -1.94. The zero-order chi connectivity index (χ0) is 19.1. The van der Waals surface area contributed by atoms with E-state index >= 15 is 0 Å². The number of rotatable bonds is 4. The minimum absolute atomic E-state index is 0.279. The zero-order valence-electron chi connectivity index (χ0n) is 14.7. The molecule has 0 bridgehead atoms. The second kappa shape index (κ2) is 6.77. The molecular formula is C22H15ClFN3O. The van der Waals surface area contributed by atoms with E-state index in [4.69, 9.17) is 16.0 Å². The topological polar surface area (TPSA) is 54.7 Å². The van der Waals surface area contributed by atoms with Gasteiger partial charge in [0.1, 0.15) is 17.0 Å². The number of aromatic nitrogens is 3. The first kappa shape index (κ1) is 17.0. The Morgan fingerprint density at radius 2 is 1.96 bits per heavy atom. The van der Waals surface area contributed by atoms with E-state index in [0.29, 0.717) is 27.7 Å². The van der Waals surface area contributed by atoms with Gasteiger partial charge in [0.15, 0.2) is 5.58 Å². The number of hydrogen-bond donors (Lipinski definition) is 1. The van der Waals surface area contributed by atoms with Crippen LogP contribution in [0.3, 0.4) is 0 Å². The third-order valence-electron chi connectivity index (χ3n) is 4.72. The van der Waals surface area contributed by atoms with Gasteiger partial charge in [0.2, 0.25) is 5.89 Å². The van der Waals surface area contributed by atoms with Gasteiger partial charge in [-0.1, -0.05) is 17.7 Å². The minimum Gasteiger partial charge on any atom is -0.434 e. The standard InChI is InChI=1S/C22H15ClFN3O/c23-15-9-13(4-6-17-3-1-2-8-25-17)21-19(12-15)27-22(28-21)20-11-14-10-16(24)5-7-18(14)26-20/h1-3,5,7-12,26H,4,6H2. The lowest BCUT2D eigenvalue weighted by Gasteiger charge is -2.03. The smallest absolute Gasteiger partial charge is 0.244 e. The Balaban J connectivity index is 1.54. The maximum absolute atomic E-state index is 13.5. The van der Waals surface area contributed by atoms with Gasteiger partial charge in [-0.25, -0.2) is 9.37 Å². The maximum atomic E-state index is 13.5. The molecule has 0 saturated carbocycles. The van der Waals surface area contributed by atoms with Crippen LogP contribution in [0.2, 0.25) is 5.02 Å². The average molecular weight is 392 g/mol. The van der Waals surface area contributed by atoms with Crippen molar-refractivity contribution in [3.63, 3.8) is 0 Å². The molecule has 0 fully saturated rings. The van der Waals surface area contributed by atoms with Gasteiger partial charge in [-0.15, -0.1) is 0 Å². The highest BCUT2D eigenvalue weighted by atomic mass is 35.5.